The van der Waals surface area contributed by atoms with Crippen LogP contribution >= 0.6 is 0 Å². The van der Waals surface area contributed by atoms with Gasteiger partial charge in [0.05, 0.1) is 6.10 Å². The summed E-state index contributed by atoms with van der Waals surface area (Å²) in [5, 5.41) is 0. The van der Waals surface area contributed by atoms with Crippen LogP contribution in [0.2, 0.25) is 0 Å². The Morgan fingerprint density at radius 2 is 1.91 bits per heavy atom. The van der Waals surface area contributed by atoms with Crippen LogP contribution < -0.4 is 5.73 Å². The van der Waals surface area contributed by atoms with Crippen LogP contribution in [0.25, 0.3) is 0 Å². The molecule has 2 atom stereocenters. The molecule has 1 aliphatic heterocycles. The van der Waals surface area contributed by atoms with Crippen molar-refractivity contribution in [3.05, 3.63) is 0 Å². The molecule has 0 aromatic rings. The van der Waals surface area contributed by atoms with E-state index in [1.54, 1.807) is 0 Å². The maximum atomic E-state index is 11.6. The Kier molecular flexibility index (Phi) is 2.39. The molecule has 66 valence electrons. The second-order valence-corrected chi connectivity index (χ2v) is 2.65. The van der Waals surface area contributed by atoms with E-state index in [-0.39, 0.29) is 18.8 Å². The normalized spacial score (nSPS) is 30.5. The molecule has 11 heavy (non-hydrogen) atoms. The van der Waals surface area contributed by atoms with Crippen molar-refractivity contribution in [1.29, 1.82) is 0 Å². The van der Waals surface area contributed by atoms with Gasteiger partial charge in [-0.15, -0.1) is 0 Å². The van der Waals surface area contributed by atoms with E-state index in [1.165, 1.54) is 0 Å². The average molecular weight is 169 g/mol. The van der Waals surface area contributed by atoms with Gasteiger partial charge in [-0.25, -0.2) is 0 Å². The molecular formula is C6H10F3NO. The summed E-state index contributed by atoms with van der Waals surface area (Å²) in [6.45, 7) is 0. The molecule has 0 aliphatic carbocycles. The average Bonchev–Trinajstić information content (AvgIpc) is 2.43. The van der Waals surface area contributed by atoms with Gasteiger partial charge in [-0.1, -0.05) is 0 Å². The molecular weight excluding hydrogens is 159 g/mol. The molecule has 0 aromatic heterocycles. The lowest BCUT2D eigenvalue weighted by Crippen LogP contribution is -2.09. The van der Waals surface area contributed by atoms with Crippen molar-refractivity contribution < 1.29 is 17.9 Å². The van der Waals surface area contributed by atoms with Gasteiger partial charge in [0.15, 0.2) is 0 Å². The first kappa shape index (κ1) is 8.80. The molecule has 5 heteroatoms. The molecule has 0 aromatic carbocycles. The minimum Gasteiger partial charge on any atom is -0.353 e. The number of rotatable bonds is 3. The number of hydrogen-bond acceptors (Lipinski definition) is 2. The lowest BCUT2D eigenvalue weighted by Gasteiger charge is -2.03. The van der Waals surface area contributed by atoms with Crippen LogP contribution in [0.3, 0.4) is 0 Å². The third-order valence-electron chi connectivity index (χ3n) is 1.57. The highest BCUT2D eigenvalue weighted by Crippen LogP contribution is 2.27. The van der Waals surface area contributed by atoms with E-state index in [0.717, 1.165) is 0 Å². The van der Waals surface area contributed by atoms with Crippen LogP contribution in [0.5, 0.6) is 0 Å². The fourth-order valence-electron chi connectivity index (χ4n) is 0.892. The third-order valence-corrected chi connectivity index (χ3v) is 1.57. The summed E-state index contributed by atoms with van der Waals surface area (Å²) in [6, 6.07) is 0. The van der Waals surface area contributed by atoms with Gasteiger partial charge in [0.25, 0.3) is 0 Å². The standard InChI is InChI=1S/C6H10F3NO/c7-6(8,9)3-1-2-4-5(10)11-4/h4-5H,1-3,10H2. The Morgan fingerprint density at radius 1 is 1.36 bits per heavy atom. The van der Waals surface area contributed by atoms with Gasteiger partial charge in [0, 0.05) is 6.42 Å². The molecule has 2 N–H and O–H groups in total. The summed E-state index contributed by atoms with van der Waals surface area (Å²) >= 11 is 0. The molecule has 0 bridgehead atoms. The van der Waals surface area contributed by atoms with E-state index in [9.17, 15) is 13.2 Å². The van der Waals surface area contributed by atoms with E-state index in [0.29, 0.717) is 6.42 Å². The van der Waals surface area contributed by atoms with E-state index in [1.807, 2.05) is 0 Å². The van der Waals surface area contributed by atoms with E-state index < -0.39 is 12.6 Å². The van der Waals surface area contributed by atoms with Gasteiger partial charge in [0.2, 0.25) is 0 Å². The van der Waals surface area contributed by atoms with Gasteiger partial charge < -0.3 is 10.5 Å². The Balaban J connectivity index is 1.97. The van der Waals surface area contributed by atoms with Crippen LogP contribution in [0.1, 0.15) is 19.3 Å². The first-order valence-corrected chi connectivity index (χ1v) is 3.47. The Bertz CT molecular complexity index is 136. The highest BCUT2D eigenvalue weighted by molar-refractivity contribution is 4.78. The number of alkyl halides is 3. The Labute approximate surface area is 62.5 Å². The van der Waals surface area contributed by atoms with E-state index in [2.05, 4.69) is 0 Å². The largest absolute Gasteiger partial charge is 0.389 e. The number of ether oxygens (including phenoxy) is 1. The van der Waals surface area contributed by atoms with Crippen LogP contribution in [0.4, 0.5) is 13.2 Å². The van der Waals surface area contributed by atoms with Crippen LogP contribution in [-0.4, -0.2) is 18.5 Å². The maximum absolute atomic E-state index is 11.6. The van der Waals surface area contributed by atoms with Crippen molar-refractivity contribution in [2.75, 3.05) is 0 Å². The van der Waals surface area contributed by atoms with Crippen molar-refractivity contribution in [3.8, 4) is 0 Å². The smallest absolute Gasteiger partial charge is 0.353 e. The number of halogens is 3. The Morgan fingerprint density at radius 3 is 2.27 bits per heavy atom. The lowest BCUT2D eigenvalue weighted by atomic mass is 10.2. The zero-order chi connectivity index (χ0) is 8.48. The van der Waals surface area contributed by atoms with Gasteiger partial charge in [-0.2, -0.15) is 13.2 Å². The molecule has 0 spiro atoms. The molecule has 2 unspecified atom stereocenters. The third kappa shape index (κ3) is 3.57. The van der Waals surface area contributed by atoms with Gasteiger partial charge in [-0.05, 0) is 12.8 Å². The molecule has 1 rings (SSSR count). The van der Waals surface area contributed by atoms with Crippen molar-refractivity contribution in [1.82, 2.24) is 0 Å². The van der Waals surface area contributed by atoms with Crippen molar-refractivity contribution in [2.24, 2.45) is 5.73 Å². The molecule has 1 saturated heterocycles. The predicted octanol–water partition coefficient (Wildman–Crippen LogP) is 1.40. The first-order valence-electron chi connectivity index (χ1n) is 3.47. The summed E-state index contributed by atoms with van der Waals surface area (Å²) in [7, 11) is 0. The minimum atomic E-state index is -4.04. The summed E-state index contributed by atoms with van der Waals surface area (Å²) < 4.78 is 39.4. The zero-order valence-corrected chi connectivity index (χ0v) is 5.90. The SMILES string of the molecule is NC1OC1CCCC(F)(F)F. The second-order valence-electron chi connectivity index (χ2n) is 2.65. The van der Waals surface area contributed by atoms with Crippen molar-refractivity contribution in [2.45, 2.75) is 37.8 Å². The quantitative estimate of drug-likeness (QED) is 0.648. The topological polar surface area (TPSA) is 38.5 Å². The van der Waals surface area contributed by atoms with Crippen LogP contribution in [0, 0.1) is 0 Å². The summed E-state index contributed by atoms with van der Waals surface area (Å²) in [4.78, 5) is 0. The highest BCUT2D eigenvalue weighted by atomic mass is 19.4. The summed E-state index contributed by atoms with van der Waals surface area (Å²) in [6.07, 6.45) is -4.69. The molecule has 1 aliphatic rings. The molecule has 0 saturated carbocycles. The zero-order valence-electron chi connectivity index (χ0n) is 5.90. The van der Waals surface area contributed by atoms with Crippen molar-refractivity contribution >= 4 is 0 Å². The fourth-order valence-corrected chi connectivity index (χ4v) is 0.892. The monoisotopic (exact) mass is 169 g/mol. The molecule has 1 heterocycles. The Hall–Kier alpha value is -0.290. The second kappa shape index (κ2) is 2.98. The van der Waals surface area contributed by atoms with Gasteiger partial charge in [-0.3, -0.25) is 0 Å². The number of nitrogens with two attached hydrogens (primary N) is 1. The van der Waals surface area contributed by atoms with E-state index in [4.69, 9.17) is 10.5 Å². The molecule has 1 fully saturated rings. The number of hydrogen-bond donors (Lipinski definition) is 1. The molecule has 0 radical (unpaired) electrons. The fraction of sp³-hybridized carbons (Fsp3) is 1.00. The van der Waals surface area contributed by atoms with Crippen molar-refractivity contribution in [3.63, 3.8) is 0 Å². The summed E-state index contributed by atoms with van der Waals surface area (Å²) in [5.41, 5.74) is 5.21. The predicted molar refractivity (Wildman–Crippen MR) is 32.8 cm³/mol. The maximum Gasteiger partial charge on any atom is 0.389 e. The minimum absolute atomic E-state index is 0.113. The number of epoxide rings is 1. The van der Waals surface area contributed by atoms with Crippen LogP contribution in [0.15, 0.2) is 0 Å². The molecule has 2 nitrogen and oxygen atoms in total. The first-order chi connectivity index (χ1) is 4.99. The van der Waals surface area contributed by atoms with E-state index >= 15 is 0 Å². The highest BCUT2D eigenvalue weighted by Gasteiger charge is 2.35. The van der Waals surface area contributed by atoms with Crippen LogP contribution in [-0.2, 0) is 4.74 Å². The summed E-state index contributed by atoms with van der Waals surface area (Å²) in [5.74, 6) is 0. The molecule has 0 amide bonds. The van der Waals surface area contributed by atoms with Gasteiger partial charge in [0.1, 0.15) is 6.23 Å². The van der Waals surface area contributed by atoms with Gasteiger partial charge >= 0.3 is 6.18 Å². The lowest BCUT2D eigenvalue weighted by molar-refractivity contribution is -0.135.